The molecule has 0 aliphatic carbocycles. The predicted molar refractivity (Wildman–Crippen MR) is 55.9 cm³/mol. The first-order valence-corrected chi connectivity index (χ1v) is 4.71. The lowest BCUT2D eigenvalue weighted by Crippen LogP contribution is -2.07. The maximum atomic E-state index is 5.61. The van der Waals surface area contributed by atoms with Crippen molar-refractivity contribution in [2.75, 3.05) is 24.2 Å². The van der Waals surface area contributed by atoms with Crippen molar-refractivity contribution in [2.24, 2.45) is 0 Å². The van der Waals surface area contributed by atoms with Crippen molar-refractivity contribution in [1.29, 1.82) is 0 Å². The number of nitrogens with one attached hydrogen (secondary N) is 1. The summed E-state index contributed by atoms with van der Waals surface area (Å²) in [5.74, 6) is 1.82. The van der Waals surface area contributed by atoms with Crippen molar-refractivity contribution in [3.63, 3.8) is 0 Å². The standard InChI is InChI=1S/C9H16N4O/c1-3-11-8-5-7(10)12-9(13-8)6-14-4-2/h5H,3-4,6H2,1-2H3,(H3,10,11,12,13). The van der Waals surface area contributed by atoms with Crippen LogP contribution in [0.25, 0.3) is 0 Å². The van der Waals surface area contributed by atoms with Crippen LogP contribution in [0.2, 0.25) is 0 Å². The lowest BCUT2D eigenvalue weighted by molar-refractivity contribution is 0.128. The normalized spacial score (nSPS) is 10.1. The van der Waals surface area contributed by atoms with E-state index < -0.39 is 0 Å². The Kier molecular flexibility index (Phi) is 4.12. The SMILES string of the molecule is CCNc1cc(N)nc(COCC)n1. The summed E-state index contributed by atoms with van der Waals surface area (Å²) in [5.41, 5.74) is 5.61. The Morgan fingerprint density at radius 2 is 2.21 bits per heavy atom. The molecule has 1 aromatic heterocycles. The summed E-state index contributed by atoms with van der Waals surface area (Å²) in [5, 5.41) is 3.08. The number of hydrogen-bond donors (Lipinski definition) is 2. The van der Waals surface area contributed by atoms with Gasteiger partial charge in [0.15, 0.2) is 5.82 Å². The minimum absolute atomic E-state index is 0.403. The molecule has 0 fully saturated rings. The van der Waals surface area contributed by atoms with E-state index in [4.69, 9.17) is 10.5 Å². The van der Waals surface area contributed by atoms with Gasteiger partial charge in [0, 0.05) is 19.2 Å². The first-order chi connectivity index (χ1) is 6.76. The van der Waals surface area contributed by atoms with Gasteiger partial charge in [-0.25, -0.2) is 9.97 Å². The lowest BCUT2D eigenvalue weighted by Gasteiger charge is -2.06. The van der Waals surface area contributed by atoms with Gasteiger partial charge >= 0.3 is 0 Å². The first kappa shape index (κ1) is 10.7. The summed E-state index contributed by atoms with van der Waals surface area (Å²) in [7, 11) is 0. The summed E-state index contributed by atoms with van der Waals surface area (Å²) in [6.07, 6.45) is 0. The van der Waals surface area contributed by atoms with Crippen LogP contribution in [0.1, 0.15) is 19.7 Å². The van der Waals surface area contributed by atoms with E-state index in [1.807, 2.05) is 13.8 Å². The molecular formula is C9H16N4O. The molecule has 0 bridgehead atoms. The van der Waals surface area contributed by atoms with Gasteiger partial charge in [-0.15, -0.1) is 0 Å². The van der Waals surface area contributed by atoms with Crippen LogP contribution in [0.3, 0.4) is 0 Å². The Labute approximate surface area is 83.7 Å². The highest BCUT2D eigenvalue weighted by molar-refractivity contribution is 5.44. The molecule has 0 atom stereocenters. The van der Waals surface area contributed by atoms with Crippen LogP contribution in [0, 0.1) is 0 Å². The molecule has 0 radical (unpaired) electrons. The van der Waals surface area contributed by atoms with E-state index in [1.54, 1.807) is 6.07 Å². The molecule has 1 rings (SSSR count). The van der Waals surface area contributed by atoms with Gasteiger partial charge in [-0.2, -0.15) is 0 Å². The molecule has 1 heterocycles. The number of hydrogen-bond acceptors (Lipinski definition) is 5. The number of nitrogens with zero attached hydrogens (tertiary/aromatic N) is 2. The molecular weight excluding hydrogens is 180 g/mol. The van der Waals surface area contributed by atoms with E-state index in [9.17, 15) is 0 Å². The van der Waals surface area contributed by atoms with Gasteiger partial charge in [0.1, 0.15) is 18.2 Å². The number of nitrogen functional groups attached to an aromatic ring is 1. The Morgan fingerprint density at radius 3 is 2.86 bits per heavy atom. The molecule has 0 unspecified atom stereocenters. The second kappa shape index (κ2) is 5.39. The Morgan fingerprint density at radius 1 is 1.43 bits per heavy atom. The van der Waals surface area contributed by atoms with Crippen LogP contribution in [-0.4, -0.2) is 23.1 Å². The second-order valence-electron chi connectivity index (χ2n) is 2.76. The highest BCUT2D eigenvalue weighted by Gasteiger charge is 2.01. The van der Waals surface area contributed by atoms with E-state index in [-0.39, 0.29) is 0 Å². The molecule has 0 saturated heterocycles. The molecule has 14 heavy (non-hydrogen) atoms. The first-order valence-electron chi connectivity index (χ1n) is 4.71. The van der Waals surface area contributed by atoms with Crippen LogP contribution in [0.5, 0.6) is 0 Å². The fourth-order valence-electron chi connectivity index (χ4n) is 1.05. The zero-order valence-corrected chi connectivity index (χ0v) is 8.58. The minimum Gasteiger partial charge on any atom is -0.384 e. The average Bonchev–Trinajstić information content (AvgIpc) is 2.14. The molecule has 0 spiro atoms. The minimum atomic E-state index is 0.403. The number of nitrogens with two attached hydrogens (primary N) is 1. The van der Waals surface area contributed by atoms with Gasteiger partial charge in [0.2, 0.25) is 0 Å². The molecule has 5 heteroatoms. The maximum Gasteiger partial charge on any atom is 0.158 e. The molecule has 0 amide bonds. The van der Waals surface area contributed by atoms with Crippen molar-refractivity contribution in [3.8, 4) is 0 Å². The number of ether oxygens (including phenoxy) is 1. The summed E-state index contributed by atoms with van der Waals surface area (Å²) < 4.78 is 5.20. The fourth-order valence-corrected chi connectivity index (χ4v) is 1.05. The van der Waals surface area contributed by atoms with Crippen LogP contribution < -0.4 is 11.1 Å². The van der Waals surface area contributed by atoms with Crippen molar-refractivity contribution in [1.82, 2.24) is 9.97 Å². The molecule has 3 N–H and O–H groups in total. The predicted octanol–water partition coefficient (Wildman–Crippen LogP) is 1.03. The van der Waals surface area contributed by atoms with Crippen LogP contribution >= 0.6 is 0 Å². The average molecular weight is 196 g/mol. The Bertz CT molecular complexity index is 290. The second-order valence-corrected chi connectivity index (χ2v) is 2.76. The topological polar surface area (TPSA) is 73.1 Å². The molecule has 1 aromatic rings. The largest absolute Gasteiger partial charge is 0.384 e. The number of anilines is 2. The van der Waals surface area contributed by atoms with Crippen LogP contribution in [-0.2, 0) is 11.3 Å². The third-order valence-electron chi connectivity index (χ3n) is 1.59. The third kappa shape index (κ3) is 3.18. The van der Waals surface area contributed by atoms with E-state index in [0.29, 0.717) is 24.9 Å². The van der Waals surface area contributed by atoms with Gasteiger partial charge in [0.05, 0.1) is 0 Å². The van der Waals surface area contributed by atoms with Gasteiger partial charge in [0.25, 0.3) is 0 Å². The van der Waals surface area contributed by atoms with Gasteiger partial charge < -0.3 is 15.8 Å². The molecule has 0 saturated carbocycles. The van der Waals surface area contributed by atoms with E-state index >= 15 is 0 Å². The number of aromatic nitrogens is 2. The van der Waals surface area contributed by atoms with Crippen LogP contribution in [0.4, 0.5) is 11.6 Å². The molecule has 0 aliphatic rings. The Balaban J connectivity index is 2.73. The molecule has 78 valence electrons. The van der Waals surface area contributed by atoms with Crippen molar-refractivity contribution in [2.45, 2.75) is 20.5 Å². The number of rotatable bonds is 5. The van der Waals surface area contributed by atoms with Crippen molar-refractivity contribution < 1.29 is 4.74 Å². The maximum absolute atomic E-state index is 5.61. The summed E-state index contributed by atoms with van der Waals surface area (Å²) in [4.78, 5) is 8.29. The zero-order valence-electron chi connectivity index (χ0n) is 8.58. The molecule has 0 aromatic carbocycles. The lowest BCUT2D eigenvalue weighted by atomic mass is 10.5. The smallest absolute Gasteiger partial charge is 0.158 e. The summed E-state index contributed by atoms with van der Waals surface area (Å²) >= 11 is 0. The highest BCUT2D eigenvalue weighted by Crippen LogP contribution is 2.08. The Hall–Kier alpha value is -1.36. The van der Waals surface area contributed by atoms with Crippen LogP contribution in [0.15, 0.2) is 6.07 Å². The quantitative estimate of drug-likeness (QED) is 0.735. The van der Waals surface area contributed by atoms with E-state index in [0.717, 1.165) is 12.4 Å². The third-order valence-corrected chi connectivity index (χ3v) is 1.59. The van der Waals surface area contributed by atoms with Gasteiger partial charge in [-0.3, -0.25) is 0 Å². The van der Waals surface area contributed by atoms with Gasteiger partial charge in [-0.05, 0) is 13.8 Å². The van der Waals surface area contributed by atoms with Crippen molar-refractivity contribution in [3.05, 3.63) is 11.9 Å². The molecule has 0 aliphatic heterocycles. The van der Waals surface area contributed by atoms with E-state index in [1.165, 1.54) is 0 Å². The zero-order chi connectivity index (χ0) is 10.4. The van der Waals surface area contributed by atoms with Gasteiger partial charge in [-0.1, -0.05) is 0 Å². The summed E-state index contributed by atoms with van der Waals surface area (Å²) in [6, 6.07) is 1.71. The van der Waals surface area contributed by atoms with E-state index in [2.05, 4.69) is 15.3 Å². The highest BCUT2D eigenvalue weighted by atomic mass is 16.5. The summed E-state index contributed by atoms with van der Waals surface area (Å²) in [6.45, 7) is 5.79. The monoisotopic (exact) mass is 196 g/mol. The van der Waals surface area contributed by atoms with Crippen molar-refractivity contribution >= 4 is 11.6 Å². The fraction of sp³-hybridized carbons (Fsp3) is 0.556. The molecule has 5 nitrogen and oxygen atoms in total.